The van der Waals surface area contributed by atoms with Crippen molar-refractivity contribution in [3.8, 4) is 17.0 Å². The second-order valence-electron chi connectivity index (χ2n) is 7.14. The van der Waals surface area contributed by atoms with Gasteiger partial charge >= 0.3 is 6.97 Å². The number of aromatic nitrogens is 1. The molecule has 0 N–H and O–H groups in total. The summed E-state index contributed by atoms with van der Waals surface area (Å²) in [4.78, 5) is 10.4. The fraction of sp³-hybridized carbons (Fsp3) is 0.238. The second-order valence-corrected chi connectivity index (χ2v) is 7.14. The number of nitrogens with zero attached hydrogens (tertiary/aromatic N) is 2. The Balaban J connectivity index is 1.81. The summed E-state index contributed by atoms with van der Waals surface area (Å²) in [7, 11) is 1.57. The van der Waals surface area contributed by atoms with Crippen LogP contribution in [0.5, 0.6) is 5.75 Å². The third-order valence-corrected chi connectivity index (χ3v) is 5.67. The summed E-state index contributed by atoms with van der Waals surface area (Å²) in [6.07, 6.45) is 2.19. The Labute approximate surface area is 167 Å². The molecule has 29 heavy (non-hydrogen) atoms. The molecule has 0 bridgehead atoms. The number of methoxy groups -OCH3 is 1. The Morgan fingerprint density at radius 3 is 2.52 bits per heavy atom. The third kappa shape index (κ3) is 2.90. The molecule has 2 aliphatic heterocycles. The molecule has 150 valence electrons. The maximum atomic E-state index is 15.8. The zero-order valence-electron chi connectivity index (χ0n) is 16.5. The number of fused-ring (bicyclic) bond motifs is 2. The van der Waals surface area contributed by atoms with E-state index in [0.717, 1.165) is 20.1 Å². The highest BCUT2D eigenvalue weighted by atomic mass is 19.2. The maximum absolute atomic E-state index is 15.8. The molecule has 3 heterocycles. The van der Waals surface area contributed by atoms with Crippen molar-refractivity contribution in [1.82, 2.24) is 4.48 Å². The number of hydrogen-bond donors (Lipinski definition) is 0. The van der Waals surface area contributed by atoms with Gasteiger partial charge in [-0.2, -0.15) is 0 Å². The van der Waals surface area contributed by atoms with Gasteiger partial charge in [0.25, 0.3) is 6.47 Å². The summed E-state index contributed by atoms with van der Waals surface area (Å²) in [6, 6.07) is 10.5. The fourth-order valence-electron chi connectivity index (χ4n) is 4.27. The molecule has 0 spiro atoms. The Kier molecular flexibility index (Phi) is 4.64. The van der Waals surface area contributed by atoms with Crippen LogP contribution in [0.4, 0.5) is 8.63 Å². The summed E-state index contributed by atoms with van der Waals surface area (Å²) >= 11 is 0. The second kappa shape index (κ2) is 7.02. The number of carbonyl (C=O) groups excluding carboxylic acids is 1. The minimum absolute atomic E-state index is 0.163. The predicted molar refractivity (Wildman–Crippen MR) is 108 cm³/mol. The molecule has 0 atom stereocenters. The van der Waals surface area contributed by atoms with E-state index in [1.165, 1.54) is 0 Å². The molecule has 0 aliphatic carbocycles. The van der Waals surface area contributed by atoms with Crippen molar-refractivity contribution >= 4 is 25.2 Å². The lowest BCUT2D eigenvalue weighted by atomic mass is 9.89. The van der Waals surface area contributed by atoms with Gasteiger partial charge in [-0.15, -0.1) is 0 Å². The minimum Gasteiger partial charge on any atom is -0.497 e. The molecule has 2 aromatic rings. The predicted octanol–water partition coefficient (Wildman–Crippen LogP) is 4.11. The fourth-order valence-corrected chi connectivity index (χ4v) is 4.27. The number of benzene rings is 1. The molecule has 2 aliphatic rings. The van der Waals surface area contributed by atoms with Gasteiger partial charge in [0, 0.05) is 42.0 Å². The molecule has 0 fully saturated rings. The van der Waals surface area contributed by atoms with Gasteiger partial charge in [-0.25, -0.2) is 0 Å². The molecule has 5 nitrogen and oxygen atoms in total. The van der Waals surface area contributed by atoms with E-state index in [9.17, 15) is 4.79 Å². The van der Waals surface area contributed by atoms with Gasteiger partial charge < -0.3 is 27.1 Å². The first-order valence-electron chi connectivity index (χ1n) is 9.38. The van der Waals surface area contributed by atoms with Crippen LogP contribution in [0.15, 0.2) is 53.2 Å². The first-order chi connectivity index (χ1) is 13.9. The molecule has 1 aromatic heterocycles. The molecular formula is C21H21BF2N2O3. The monoisotopic (exact) mass is 398 g/mol. The van der Waals surface area contributed by atoms with Crippen molar-refractivity contribution < 1.29 is 27.4 Å². The van der Waals surface area contributed by atoms with Crippen LogP contribution in [0.2, 0.25) is 0 Å². The largest absolute Gasteiger partial charge is 0.737 e. The van der Waals surface area contributed by atoms with Crippen molar-refractivity contribution in [3.63, 3.8) is 0 Å². The topological polar surface area (TPSA) is 43.5 Å². The summed E-state index contributed by atoms with van der Waals surface area (Å²) in [5.74, 6) is 0.671. The molecule has 0 saturated carbocycles. The van der Waals surface area contributed by atoms with Crippen molar-refractivity contribution in [2.75, 3.05) is 13.7 Å². The lowest BCUT2D eigenvalue weighted by Crippen LogP contribution is -2.50. The summed E-state index contributed by atoms with van der Waals surface area (Å²) in [6.45, 7) is -0.0237. The molecule has 0 saturated heterocycles. The lowest BCUT2D eigenvalue weighted by Gasteiger charge is -2.31. The van der Waals surface area contributed by atoms with Crippen LogP contribution in [0, 0.1) is 0 Å². The smallest absolute Gasteiger partial charge is 0.497 e. The van der Waals surface area contributed by atoms with Gasteiger partial charge in [0.15, 0.2) is 5.70 Å². The van der Waals surface area contributed by atoms with Crippen LogP contribution in [-0.4, -0.2) is 41.8 Å². The number of hydrogen-bond acceptors (Lipinski definition) is 3. The van der Waals surface area contributed by atoms with E-state index in [-0.39, 0.29) is 6.61 Å². The van der Waals surface area contributed by atoms with E-state index in [0.29, 0.717) is 47.0 Å². The van der Waals surface area contributed by atoms with E-state index < -0.39 is 6.97 Å². The highest BCUT2D eigenvalue weighted by Gasteiger charge is 2.54. The van der Waals surface area contributed by atoms with Crippen molar-refractivity contribution in [2.45, 2.75) is 20.3 Å². The normalized spacial score (nSPS) is 17.1. The standard InChI is InChI=1S/C21H21BF2N2O3/c1-14-19(10-11-29-13-27)15(2)25-21(14)12-17-6-9-20(26(17)22(25,23)24)16-4-7-18(28-3)8-5-16/h4-9,12-13H,10-11H2,1-3H3. The molecule has 0 amide bonds. The summed E-state index contributed by atoms with van der Waals surface area (Å²) in [5.41, 5.74) is 4.18. The number of halogens is 2. The number of ether oxygens (including phenoxy) is 2. The molecular weight excluding hydrogens is 377 g/mol. The zero-order chi connectivity index (χ0) is 20.8. The van der Waals surface area contributed by atoms with E-state index in [4.69, 9.17) is 9.47 Å². The molecule has 0 unspecified atom stereocenters. The van der Waals surface area contributed by atoms with Gasteiger partial charge in [0.2, 0.25) is 0 Å². The van der Waals surface area contributed by atoms with Crippen molar-refractivity contribution in [1.29, 1.82) is 0 Å². The van der Waals surface area contributed by atoms with Gasteiger partial charge in [-0.3, -0.25) is 4.79 Å². The number of allylic oxidation sites excluding steroid dienone is 1. The van der Waals surface area contributed by atoms with Crippen LogP contribution in [-0.2, 0) is 9.53 Å². The van der Waals surface area contributed by atoms with E-state index in [2.05, 4.69) is 0 Å². The summed E-state index contributed by atoms with van der Waals surface area (Å²) in [5, 5.41) is 0. The zero-order valence-corrected chi connectivity index (χ0v) is 16.5. The van der Waals surface area contributed by atoms with Gasteiger partial charge in [0.05, 0.1) is 13.7 Å². The van der Waals surface area contributed by atoms with Gasteiger partial charge in [-0.1, -0.05) is 0 Å². The van der Waals surface area contributed by atoms with Crippen LogP contribution < -0.4 is 4.74 Å². The van der Waals surface area contributed by atoms with Crippen molar-refractivity contribution in [2.24, 2.45) is 0 Å². The highest BCUT2D eigenvalue weighted by molar-refractivity contribution is 6.58. The minimum atomic E-state index is -4.09. The molecule has 4 rings (SSSR count). The number of rotatable bonds is 6. The van der Waals surface area contributed by atoms with Crippen molar-refractivity contribution in [3.05, 3.63) is 58.9 Å². The number of carbonyl (C=O) groups is 1. The molecule has 8 heteroatoms. The first kappa shape index (κ1) is 19.2. The van der Waals surface area contributed by atoms with Gasteiger partial charge in [0.1, 0.15) is 11.5 Å². The average Bonchev–Trinajstić information content (AvgIpc) is 3.24. The van der Waals surface area contributed by atoms with Crippen LogP contribution in [0.1, 0.15) is 26.0 Å². The third-order valence-electron chi connectivity index (χ3n) is 5.67. The Bertz CT molecular complexity index is 1080. The van der Waals surface area contributed by atoms with Crippen LogP contribution >= 0.6 is 0 Å². The van der Waals surface area contributed by atoms with E-state index >= 15 is 8.63 Å². The highest BCUT2D eigenvalue weighted by Crippen LogP contribution is 2.40. The van der Waals surface area contributed by atoms with Gasteiger partial charge in [-0.05, 0) is 48.9 Å². The van der Waals surface area contributed by atoms with E-state index in [1.807, 2.05) is 6.92 Å². The Morgan fingerprint density at radius 1 is 1.14 bits per heavy atom. The Morgan fingerprint density at radius 2 is 1.86 bits per heavy atom. The van der Waals surface area contributed by atoms with E-state index in [1.54, 1.807) is 56.5 Å². The molecule has 1 aromatic carbocycles. The summed E-state index contributed by atoms with van der Waals surface area (Å²) < 4.78 is 43.8. The molecule has 0 radical (unpaired) electrons. The average molecular weight is 398 g/mol. The Hall–Kier alpha value is -3.16. The van der Waals surface area contributed by atoms with Crippen LogP contribution in [0.25, 0.3) is 17.3 Å². The SMILES string of the molecule is COc1ccc(-c2ccc3n2[B-](F)(F)[N+]2=C(C)C(CCOC=O)=C(C)C2=C3)cc1. The maximum Gasteiger partial charge on any atom is 0.737 e. The lowest BCUT2D eigenvalue weighted by molar-refractivity contribution is -0.362. The first-order valence-corrected chi connectivity index (χ1v) is 9.38. The van der Waals surface area contributed by atoms with Crippen LogP contribution in [0.3, 0.4) is 0 Å². The quantitative estimate of drug-likeness (QED) is 0.418.